The lowest BCUT2D eigenvalue weighted by molar-refractivity contribution is -0.393. The molecule has 21 heavy (non-hydrogen) atoms. The van der Waals surface area contributed by atoms with E-state index < -0.39 is 15.5 Å². The van der Waals surface area contributed by atoms with Crippen LogP contribution >= 0.6 is 11.3 Å². The summed E-state index contributed by atoms with van der Waals surface area (Å²) in [5, 5.41) is 27.4. The standard InChI is InChI=1S/C12H10N4O4S/c1-8-4-5-21-12(8)7-13-14-10-3-2-9(15(17)18)6-11(10)16(19)20/h2-7,14H,1H3. The molecule has 0 amide bonds. The third-order valence-corrected chi connectivity index (χ3v) is 3.61. The molecular weight excluding hydrogens is 296 g/mol. The van der Waals surface area contributed by atoms with Crippen LogP contribution in [0.5, 0.6) is 0 Å². The van der Waals surface area contributed by atoms with E-state index >= 15 is 0 Å². The molecule has 1 N–H and O–H groups in total. The Labute approximate surface area is 123 Å². The van der Waals surface area contributed by atoms with Crippen LogP contribution in [0.2, 0.25) is 0 Å². The normalized spacial score (nSPS) is 10.7. The Morgan fingerprint density at radius 3 is 2.57 bits per heavy atom. The first-order valence-corrected chi connectivity index (χ1v) is 6.63. The lowest BCUT2D eigenvalue weighted by Crippen LogP contribution is -1.98. The quantitative estimate of drug-likeness (QED) is 0.517. The van der Waals surface area contributed by atoms with Crippen LogP contribution in [0.4, 0.5) is 17.1 Å². The predicted octanol–water partition coefficient (Wildman–Crippen LogP) is 3.32. The number of anilines is 1. The van der Waals surface area contributed by atoms with Crippen molar-refractivity contribution < 1.29 is 9.85 Å². The average Bonchev–Trinajstić information content (AvgIpc) is 2.84. The molecule has 108 valence electrons. The molecule has 0 radical (unpaired) electrons. The second-order valence-corrected chi connectivity index (χ2v) is 5.00. The summed E-state index contributed by atoms with van der Waals surface area (Å²) in [6, 6.07) is 5.27. The highest BCUT2D eigenvalue weighted by atomic mass is 32.1. The molecule has 1 aromatic heterocycles. The highest BCUT2D eigenvalue weighted by Crippen LogP contribution is 2.28. The van der Waals surface area contributed by atoms with E-state index in [-0.39, 0.29) is 11.4 Å². The minimum Gasteiger partial charge on any atom is -0.272 e. The Morgan fingerprint density at radius 2 is 2.00 bits per heavy atom. The number of non-ortho nitro benzene ring substituents is 1. The maximum atomic E-state index is 10.9. The summed E-state index contributed by atoms with van der Waals surface area (Å²) in [4.78, 5) is 21.1. The van der Waals surface area contributed by atoms with E-state index in [1.165, 1.54) is 23.5 Å². The first-order valence-electron chi connectivity index (χ1n) is 5.75. The van der Waals surface area contributed by atoms with E-state index in [0.29, 0.717) is 0 Å². The van der Waals surface area contributed by atoms with E-state index in [1.807, 2.05) is 18.4 Å². The molecule has 0 aliphatic rings. The topological polar surface area (TPSA) is 111 Å². The molecule has 0 atom stereocenters. The van der Waals surface area contributed by atoms with Crippen molar-refractivity contribution in [3.8, 4) is 0 Å². The molecule has 0 aliphatic carbocycles. The molecule has 0 spiro atoms. The first-order chi connectivity index (χ1) is 9.99. The smallest absolute Gasteiger partial charge is 0.272 e. The van der Waals surface area contributed by atoms with Crippen LogP contribution in [-0.2, 0) is 0 Å². The molecule has 0 unspecified atom stereocenters. The Balaban J connectivity index is 2.23. The maximum absolute atomic E-state index is 10.9. The second-order valence-electron chi connectivity index (χ2n) is 4.05. The lowest BCUT2D eigenvalue weighted by Gasteiger charge is -2.01. The summed E-state index contributed by atoms with van der Waals surface area (Å²) in [6.07, 6.45) is 1.55. The third kappa shape index (κ3) is 3.39. The number of hydrogen-bond donors (Lipinski definition) is 1. The minimum atomic E-state index is -0.693. The fourth-order valence-electron chi connectivity index (χ4n) is 1.56. The minimum absolute atomic E-state index is 0.0936. The SMILES string of the molecule is Cc1ccsc1C=NNc1ccc([N+](=O)[O-])cc1[N+](=O)[O-]. The van der Waals surface area contributed by atoms with Gasteiger partial charge in [0, 0.05) is 10.9 Å². The number of nitrogens with one attached hydrogen (secondary N) is 1. The highest BCUT2D eigenvalue weighted by Gasteiger charge is 2.19. The number of thiophene rings is 1. The summed E-state index contributed by atoms with van der Waals surface area (Å²) >= 11 is 1.49. The molecule has 2 aromatic rings. The van der Waals surface area contributed by atoms with E-state index in [0.717, 1.165) is 16.5 Å². The van der Waals surface area contributed by atoms with Gasteiger partial charge in [0.1, 0.15) is 5.69 Å². The zero-order chi connectivity index (χ0) is 15.4. The Hall–Kier alpha value is -2.81. The van der Waals surface area contributed by atoms with E-state index in [1.54, 1.807) is 6.21 Å². The molecule has 1 aromatic carbocycles. The van der Waals surface area contributed by atoms with Crippen LogP contribution in [0, 0.1) is 27.2 Å². The fraction of sp³-hybridized carbons (Fsp3) is 0.0833. The number of hydrazone groups is 1. The van der Waals surface area contributed by atoms with Gasteiger partial charge in [-0.15, -0.1) is 11.3 Å². The van der Waals surface area contributed by atoms with Crippen molar-refractivity contribution in [3.63, 3.8) is 0 Å². The van der Waals surface area contributed by atoms with E-state index in [9.17, 15) is 20.2 Å². The van der Waals surface area contributed by atoms with Gasteiger partial charge < -0.3 is 0 Å². The number of aryl methyl sites for hydroxylation is 1. The largest absolute Gasteiger partial charge is 0.301 e. The Morgan fingerprint density at radius 1 is 1.24 bits per heavy atom. The van der Waals surface area contributed by atoms with E-state index in [2.05, 4.69) is 10.5 Å². The van der Waals surface area contributed by atoms with E-state index in [4.69, 9.17) is 0 Å². The van der Waals surface area contributed by atoms with Crippen molar-refractivity contribution in [2.24, 2.45) is 5.10 Å². The monoisotopic (exact) mass is 306 g/mol. The summed E-state index contributed by atoms with van der Waals surface area (Å²) in [5.74, 6) is 0. The number of rotatable bonds is 5. The molecule has 0 bridgehead atoms. The number of nitro groups is 2. The van der Waals surface area contributed by atoms with Crippen molar-refractivity contribution in [3.05, 3.63) is 60.3 Å². The lowest BCUT2D eigenvalue weighted by atomic mass is 10.2. The molecular formula is C12H10N4O4S. The molecule has 2 rings (SSSR count). The number of hydrogen-bond acceptors (Lipinski definition) is 7. The van der Waals surface area contributed by atoms with Gasteiger partial charge in [0.05, 0.1) is 22.1 Å². The van der Waals surface area contributed by atoms with Gasteiger partial charge in [0.25, 0.3) is 5.69 Å². The molecule has 8 nitrogen and oxygen atoms in total. The molecule has 0 fully saturated rings. The summed E-state index contributed by atoms with van der Waals surface area (Å²) in [5.41, 5.74) is 2.94. The maximum Gasteiger partial charge on any atom is 0.301 e. The van der Waals surface area contributed by atoms with Crippen LogP contribution < -0.4 is 5.43 Å². The zero-order valence-corrected chi connectivity index (χ0v) is 11.7. The second kappa shape index (κ2) is 6.09. The van der Waals surface area contributed by atoms with Crippen LogP contribution in [-0.4, -0.2) is 16.1 Å². The molecule has 0 saturated heterocycles. The fourth-order valence-corrected chi connectivity index (χ4v) is 2.34. The molecule has 1 heterocycles. The predicted molar refractivity (Wildman–Crippen MR) is 80.0 cm³/mol. The summed E-state index contributed by atoms with van der Waals surface area (Å²) < 4.78 is 0. The van der Waals surface area contributed by atoms with Crippen molar-refractivity contribution in [1.29, 1.82) is 0 Å². The Kier molecular flexibility index (Phi) is 4.24. The van der Waals surface area contributed by atoms with Gasteiger partial charge in [-0.1, -0.05) is 0 Å². The van der Waals surface area contributed by atoms with Gasteiger partial charge in [-0.05, 0) is 30.0 Å². The number of nitro benzene ring substituents is 2. The van der Waals surface area contributed by atoms with Gasteiger partial charge in [-0.2, -0.15) is 5.10 Å². The highest BCUT2D eigenvalue weighted by molar-refractivity contribution is 7.11. The zero-order valence-electron chi connectivity index (χ0n) is 10.8. The van der Waals surface area contributed by atoms with Crippen molar-refractivity contribution >= 4 is 34.6 Å². The van der Waals surface area contributed by atoms with Gasteiger partial charge in [-0.3, -0.25) is 25.7 Å². The van der Waals surface area contributed by atoms with Gasteiger partial charge >= 0.3 is 5.69 Å². The van der Waals surface area contributed by atoms with Gasteiger partial charge in [-0.25, -0.2) is 0 Å². The summed E-state index contributed by atoms with van der Waals surface area (Å²) in [7, 11) is 0. The summed E-state index contributed by atoms with van der Waals surface area (Å²) in [6.45, 7) is 1.92. The number of benzene rings is 1. The average molecular weight is 306 g/mol. The number of nitrogens with zero attached hydrogens (tertiary/aromatic N) is 3. The van der Waals surface area contributed by atoms with Crippen molar-refractivity contribution in [1.82, 2.24) is 0 Å². The molecule has 0 saturated carbocycles. The first kappa shape index (κ1) is 14.6. The van der Waals surface area contributed by atoms with Crippen LogP contribution in [0.15, 0.2) is 34.7 Å². The van der Waals surface area contributed by atoms with Crippen molar-refractivity contribution in [2.75, 3.05) is 5.43 Å². The Bertz CT molecular complexity index is 726. The van der Waals surface area contributed by atoms with Gasteiger partial charge in [0.2, 0.25) is 0 Å². The molecule has 9 heteroatoms. The van der Waals surface area contributed by atoms with Crippen LogP contribution in [0.25, 0.3) is 0 Å². The van der Waals surface area contributed by atoms with Crippen molar-refractivity contribution in [2.45, 2.75) is 6.92 Å². The van der Waals surface area contributed by atoms with Crippen LogP contribution in [0.3, 0.4) is 0 Å². The van der Waals surface area contributed by atoms with Crippen LogP contribution in [0.1, 0.15) is 10.4 Å². The molecule has 0 aliphatic heterocycles. The third-order valence-electron chi connectivity index (χ3n) is 2.66. The van der Waals surface area contributed by atoms with Gasteiger partial charge in [0.15, 0.2) is 0 Å².